The van der Waals surface area contributed by atoms with Gasteiger partial charge in [0, 0.05) is 12.5 Å². The van der Waals surface area contributed by atoms with Crippen molar-refractivity contribution in [2.45, 2.75) is 19.4 Å². The van der Waals surface area contributed by atoms with Gasteiger partial charge in [-0.2, -0.15) is 0 Å². The summed E-state index contributed by atoms with van der Waals surface area (Å²) in [5, 5.41) is 9.14. The molecule has 1 heterocycles. The van der Waals surface area contributed by atoms with Crippen LogP contribution in [0.4, 0.5) is 4.39 Å². The van der Waals surface area contributed by atoms with Gasteiger partial charge in [0.1, 0.15) is 5.82 Å². The van der Waals surface area contributed by atoms with Crippen LogP contribution in [0, 0.1) is 11.7 Å². The first-order valence-electron chi connectivity index (χ1n) is 6.84. The van der Waals surface area contributed by atoms with E-state index in [0.717, 1.165) is 5.56 Å². The van der Waals surface area contributed by atoms with E-state index in [0.29, 0.717) is 13.0 Å². The summed E-state index contributed by atoms with van der Waals surface area (Å²) in [7, 11) is 0. The highest BCUT2D eigenvalue weighted by Crippen LogP contribution is 2.16. The van der Waals surface area contributed by atoms with Gasteiger partial charge >= 0.3 is 5.97 Å². The third-order valence-corrected chi connectivity index (χ3v) is 3.55. The maximum absolute atomic E-state index is 13.2. The lowest BCUT2D eigenvalue weighted by atomic mass is 9.98. The molecule has 1 saturated heterocycles. The lowest BCUT2D eigenvalue weighted by Gasteiger charge is -2.34. The SMILES string of the molecule is C[C@H](Cc1cccc(F)c1)C(=O)N1CCOC[C@H]1C(=O)O. The summed E-state index contributed by atoms with van der Waals surface area (Å²) in [6.45, 7) is 2.33. The van der Waals surface area contributed by atoms with Crippen LogP contribution in [0.3, 0.4) is 0 Å². The smallest absolute Gasteiger partial charge is 0.328 e. The van der Waals surface area contributed by atoms with E-state index in [4.69, 9.17) is 9.84 Å². The van der Waals surface area contributed by atoms with Crippen LogP contribution in [-0.4, -0.2) is 47.7 Å². The number of carboxylic acid groups (broad SMARTS) is 1. The van der Waals surface area contributed by atoms with Crippen molar-refractivity contribution in [3.8, 4) is 0 Å². The Bertz CT molecular complexity index is 534. The highest BCUT2D eigenvalue weighted by atomic mass is 19.1. The third kappa shape index (κ3) is 3.78. The zero-order chi connectivity index (χ0) is 15.4. The van der Waals surface area contributed by atoms with E-state index in [1.165, 1.54) is 17.0 Å². The van der Waals surface area contributed by atoms with Crippen molar-refractivity contribution in [2.24, 2.45) is 5.92 Å². The number of carbonyl (C=O) groups excluding carboxylic acids is 1. The van der Waals surface area contributed by atoms with Crippen LogP contribution in [-0.2, 0) is 20.7 Å². The van der Waals surface area contributed by atoms with E-state index in [1.807, 2.05) is 0 Å². The molecule has 2 atom stereocenters. The Morgan fingerprint density at radius 3 is 2.95 bits per heavy atom. The van der Waals surface area contributed by atoms with Gasteiger partial charge in [0.15, 0.2) is 6.04 Å². The first-order chi connectivity index (χ1) is 9.99. The largest absolute Gasteiger partial charge is 0.480 e. The molecule has 0 aromatic heterocycles. The van der Waals surface area contributed by atoms with Crippen molar-refractivity contribution in [3.63, 3.8) is 0 Å². The van der Waals surface area contributed by atoms with E-state index in [9.17, 15) is 14.0 Å². The molecule has 5 nitrogen and oxygen atoms in total. The second kappa shape index (κ2) is 6.67. The second-order valence-electron chi connectivity index (χ2n) is 5.20. The average molecular weight is 295 g/mol. The van der Waals surface area contributed by atoms with Gasteiger partial charge in [0.25, 0.3) is 0 Å². The fourth-order valence-electron chi connectivity index (χ4n) is 2.46. The molecule has 6 heteroatoms. The summed E-state index contributed by atoms with van der Waals surface area (Å²) in [5.74, 6) is -2.07. The number of rotatable bonds is 4. The lowest BCUT2D eigenvalue weighted by Crippen LogP contribution is -2.54. The summed E-state index contributed by atoms with van der Waals surface area (Å²) in [6, 6.07) is 5.13. The van der Waals surface area contributed by atoms with Gasteiger partial charge in [-0.25, -0.2) is 9.18 Å². The van der Waals surface area contributed by atoms with E-state index in [1.54, 1.807) is 19.1 Å². The van der Waals surface area contributed by atoms with Gasteiger partial charge in [-0.05, 0) is 24.1 Å². The quantitative estimate of drug-likeness (QED) is 0.909. The second-order valence-corrected chi connectivity index (χ2v) is 5.20. The minimum Gasteiger partial charge on any atom is -0.480 e. The Morgan fingerprint density at radius 2 is 2.29 bits per heavy atom. The standard InChI is InChI=1S/C15H18FNO4/c1-10(7-11-3-2-4-12(16)8-11)14(18)17-5-6-21-9-13(17)15(19)20/h2-4,8,10,13H,5-7,9H2,1H3,(H,19,20)/t10-,13+/m1/s1. The van der Waals surface area contributed by atoms with E-state index in [-0.39, 0.29) is 24.9 Å². The molecule has 2 rings (SSSR count). The monoisotopic (exact) mass is 295 g/mol. The van der Waals surface area contributed by atoms with Gasteiger partial charge < -0.3 is 14.7 Å². The van der Waals surface area contributed by atoms with Gasteiger partial charge in [-0.3, -0.25) is 4.79 Å². The van der Waals surface area contributed by atoms with Crippen molar-refractivity contribution in [1.29, 1.82) is 0 Å². The highest BCUT2D eigenvalue weighted by molar-refractivity contribution is 5.85. The number of hydrogen-bond acceptors (Lipinski definition) is 3. The topological polar surface area (TPSA) is 66.8 Å². The van der Waals surface area contributed by atoms with E-state index in [2.05, 4.69) is 0 Å². The summed E-state index contributed by atoms with van der Waals surface area (Å²) >= 11 is 0. The molecule has 0 bridgehead atoms. The number of hydrogen-bond donors (Lipinski definition) is 1. The number of carboxylic acids is 1. The molecule has 1 fully saturated rings. The highest BCUT2D eigenvalue weighted by Gasteiger charge is 2.34. The number of nitrogens with zero attached hydrogens (tertiary/aromatic N) is 1. The van der Waals surface area contributed by atoms with Crippen LogP contribution in [0.2, 0.25) is 0 Å². The molecule has 21 heavy (non-hydrogen) atoms. The molecule has 114 valence electrons. The Hall–Kier alpha value is -1.95. The predicted molar refractivity (Wildman–Crippen MR) is 73.2 cm³/mol. The molecule has 0 aliphatic carbocycles. The number of aliphatic carboxylic acids is 1. The number of ether oxygens (including phenoxy) is 1. The molecule has 1 aromatic rings. The van der Waals surface area contributed by atoms with Gasteiger partial charge in [0.2, 0.25) is 5.91 Å². The first-order valence-corrected chi connectivity index (χ1v) is 6.84. The molecule has 1 aliphatic heterocycles. The minimum atomic E-state index is -1.07. The fraction of sp³-hybridized carbons (Fsp3) is 0.467. The number of morpholine rings is 1. The number of halogens is 1. The molecule has 1 aromatic carbocycles. The van der Waals surface area contributed by atoms with Crippen molar-refractivity contribution < 1.29 is 23.8 Å². The van der Waals surface area contributed by atoms with Crippen molar-refractivity contribution in [1.82, 2.24) is 4.90 Å². The molecule has 0 unspecified atom stereocenters. The van der Waals surface area contributed by atoms with E-state index >= 15 is 0 Å². The van der Waals surface area contributed by atoms with E-state index < -0.39 is 17.9 Å². The summed E-state index contributed by atoms with van der Waals surface area (Å²) in [4.78, 5) is 24.9. The van der Waals surface area contributed by atoms with Crippen LogP contribution in [0.1, 0.15) is 12.5 Å². The third-order valence-electron chi connectivity index (χ3n) is 3.55. The Morgan fingerprint density at radius 1 is 1.52 bits per heavy atom. The number of carbonyl (C=O) groups is 2. The van der Waals surface area contributed by atoms with Crippen LogP contribution in [0.15, 0.2) is 24.3 Å². The number of benzene rings is 1. The van der Waals surface area contributed by atoms with Crippen molar-refractivity contribution in [3.05, 3.63) is 35.6 Å². The maximum atomic E-state index is 13.2. The molecule has 1 aliphatic rings. The Balaban J connectivity index is 2.05. The zero-order valence-electron chi connectivity index (χ0n) is 11.8. The minimum absolute atomic E-state index is 0.00770. The van der Waals surface area contributed by atoms with Crippen molar-refractivity contribution in [2.75, 3.05) is 19.8 Å². The van der Waals surface area contributed by atoms with Crippen LogP contribution in [0.5, 0.6) is 0 Å². The van der Waals surface area contributed by atoms with Crippen LogP contribution in [0.25, 0.3) is 0 Å². The van der Waals surface area contributed by atoms with Crippen LogP contribution < -0.4 is 0 Å². The normalized spacial score (nSPS) is 20.1. The van der Waals surface area contributed by atoms with Gasteiger partial charge in [-0.15, -0.1) is 0 Å². The molecule has 0 saturated carbocycles. The van der Waals surface area contributed by atoms with Gasteiger partial charge in [0.05, 0.1) is 13.2 Å². The molecule has 0 radical (unpaired) electrons. The van der Waals surface area contributed by atoms with Crippen LogP contribution >= 0.6 is 0 Å². The average Bonchev–Trinajstić information content (AvgIpc) is 2.46. The van der Waals surface area contributed by atoms with Crippen molar-refractivity contribution >= 4 is 11.9 Å². The molecule has 1 N–H and O–H groups in total. The summed E-state index contributed by atoms with van der Waals surface area (Å²) < 4.78 is 18.3. The predicted octanol–water partition coefficient (Wildman–Crippen LogP) is 1.32. The number of amides is 1. The summed E-state index contributed by atoms with van der Waals surface area (Å²) in [5.41, 5.74) is 0.719. The fourth-order valence-corrected chi connectivity index (χ4v) is 2.46. The molecule has 1 amide bonds. The van der Waals surface area contributed by atoms with Gasteiger partial charge in [-0.1, -0.05) is 19.1 Å². The maximum Gasteiger partial charge on any atom is 0.328 e. The molecular formula is C15H18FNO4. The Kier molecular flexibility index (Phi) is 4.90. The molecule has 0 spiro atoms. The lowest BCUT2D eigenvalue weighted by molar-refractivity contribution is -0.160. The zero-order valence-corrected chi connectivity index (χ0v) is 11.8. The molecular weight excluding hydrogens is 277 g/mol. The first kappa shape index (κ1) is 15.4. The Labute approximate surface area is 122 Å². The summed E-state index contributed by atoms with van der Waals surface area (Å²) in [6.07, 6.45) is 0.375.